The van der Waals surface area contributed by atoms with Gasteiger partial charge in [-0.15, -0.1) is 12.1 Å². The number of alkyl halides is 3. The molecule has 187 valence electrons. The zero-order valence-electron chi connectivity index (χ0n) is 19.0. The van der Waals surface area contributed by atoms with Gasteiger partial charge in [0.2, 0.25) is 0 Å². The van der Waals surface area contributed by atoms with Gasteiger partial charge in [-0.1, -0.05) is 50.6 Å². The van der Waals surface area contributed by atoms with Gasteiger partial charge in [-0.25, -0.2) is 0 Å². The summed E-state index contributed by atoms with van der Waals surface area (Å²) in [5.41, 5.74) is 1.66. The van der Waals surface area contributed by atoms with Crippen LogP contribution in [0.1, 0.15) is 32.0 Å². The number of nitrogens with one attached hydrogen (secondary N) is 1. The molecule has 4 aromatic rings. The average molecular weight is 666 g/mol. The Hall–Kier alpha value is -2.97. The van der Waals surface area contributed by atoms with Gasteiger partial charge >= 0.3 is 6.18 Å². The maximum Gasteiger partial charge on any atom is 0.432 e. The number of rotatable bonds is 3. The van der Waals surface area contributed by atoms with Gasteiger partial charge in [0.25, 0.3) is 0 Å². The largest absolute Gasteiger partial charge is 0.432 e. The van der Waals surface area contributed by atoms with Crippen molar-refractivity contribution in [1.82, 2.24) is 20.2 Å². The van der Waals surface area contributed by atoms with Gasteiger partial charge in [0.1, 0.15) is 11.4 Å². The topological polar surface area (TPSA) is 54.5 Å². The molecule has 0 fully saturated rings. The van der Waals surface area contributed by atoms with E-state index in [9.17, 15) is 22.0 Å². The Kier molecular flexibility index (Phi) is 9.40. The monoisotopic (exact) mass is 666 g/mol. The number of halogens is 5. The van der Waals surface area contributed by atoms with Crippen LogP contribution in [0.4, 0.5) is 22.0 Å². The number of aromatic amines is 1. The van der Waals surface area contributed by atoms with Crippen LogP contribution in [0.25, 0.3) is 22.6 Å². The Morgan fingerprint density at radius 3 is 2.17 bits per heavy atom. The van der Waals surface area contributed by atoms with Gasteiger partial charge in [0, 0.05) is 44.1 Å². The van der Waals surface area contributed by atoms with Crippen LogP contribution in [0, 0.1) is 23.1 Å². The quantitative estimate of drug-likeness (QED) is 0.191. The molecule has 0 bridgehead atoms. The normalized spacial score (nSPS) is 11.3. The summed E-state index contributed by atoms with van der Waals surface area (Å²) in [4.78, 5) is 8.12. The minimum absolute atomic E-state index is 0. The first-order chi connectivity index (χ1) is 15.9. The molecule has 0 aliphatic carbocycles. The van der Waals surface area contributed by atoms with Gasteiger partial charge in [-0.2, -0.15) is 18.3 Å². The smallest absolute Gasteiger partial charge is 0.304 e. The Morgan fingerprint density at radius 1 is 0.914 bits per heavy atom. The number of aromatic nitrogens is 4. The van der Waals surface area contributed by atoms with E-state index in [1.807, 2.05) is 11.2 Å². The van der Waals surface area contributed by atoms with Crippen LogP contribution in [-0.2, 0) is 32.7 Å². The fourth-order valence-electron chi connectivity index (χ4n) is 3.04. The molecule has 0 aliphatic rings. The van der Waals surface area contributed by atoms with Crippen molar-refractivity contribution in [2.75, 3.05) is 0 Å². The summed E-state index contributed by atoms with van der Waals surface area (Å²) < 4.78 is 63.1. The van der Waals surface area contributed by atoms with Crippen molar-refractivity contribution in [3.63, 3.8) is 0 Å². The minimum Gasteiger partial charge on any atom is -0.304 e. The van der Waals surface area contributed by atoms with Gasteiger partial charge in [-0.3, -0.25) is 18.9 Å². The fourth-order valence-corrected chi connectivity index (χ4v) is 3.04. The number of pyridine rings is 2. The van der Waals surface area contributed by atoms with Gasteiger partial charge in [-0.05, 0) is 41.3 Å². The molecular weight excluding hydrogens is 644 g/mol. The minimum atomic E-state index is -4.40. The van der Waals surface area contributed by atoms with Crippen molar-refractivity contribution in [3.05, 3.63) is 89.9 Å². The summed E-state index contributed by atoms with van der Waals surface area (Å²) in [6.07, 6.45) is -0.273. The molecule has 1 N–H and O–H groups in total. The molecule has 4 nitrogen and oxygen atoms in total. The Labute approximate surface area is 213 Å². The molecule has 3 heterocycles. The van der Waals surface area contributed by atoms with Gasteiger partial charge < -0.3 is 4.98 Å². The molecule has 0 saturated heterocycles. The summed E-state index contributed by atoms with van der Waals surface area (Å²) in [6, 6.07) is 14.1. The van der Waals surface area contributed by atoms with E-state index in [0.29, 0.717) is 11.4 Å². The van der Waals surface area contributed by atoms with Crippen molar-refractivity contribution in [2.24, 2.45) is 5.41 Å². The molecule has 4 rings (SSSR count). The molecule has 3 aromatic heterocycles. The molecule has 1 radical (unpaired) electrons. The van der Waals surface area contributed by atoms with Crippen LogP contribution in [0.2, 0.25) is 0 Å². The van der Waals surface area contributed by atoms with Crippen LogP contribution in [0.5, 0.6) is 0 Å². The molecule has 0 unspecified atom stereocenters. The summed E-state index contributed by atoms with van der Waals surface area (Å²) >= 11 is 0. The van der Waals surface area contributed by atoms with E-state index < -0.39 is 23.5 Å². The number of hydrogen-bond donors (Lipinski definition) is 1. The molecular formula is C25H22F5IrN4-. The number of benzene rings is 1. The van der Waals surface area contributed by atoms with Crippen molar-refractivity contribution in [2.45, 2.75) is 33.4 Å². The third-order valence-corrected chi connectivity index (χ3v) is 4.48. The van der Waals surface area contributed by atoms with E-state index in [-0.39, 0.29) is 36.8 Å². The van der Waals surface area contributed by atoms with E-state index in [1.165, 1.54) is 6.20 Å². The Bertz CT molecular complexity index is 1220. The van der Waals surface area contributed by atoms with E-state index >= 15 is 0 Å². The van der Waals surface area contributed by atoms with Crippen molar-refractivity contribution >= 4 is 0 Å². The Morgan fingerprint density at radius 2 is 1.66 bits per heavy atom. The second-order valence-corrected chi connectivity index (χ2v) is 8.71. The average Bonchev–Trinajstić information content (AvgIpc) is 3.26. The first-order valence-corrected chi connectivity index (χ1v) is 10.3. The zero-order chi connectivity index (χ0) is 24.9. The summed E-state index contributed by atoms with van der Waals surface area (Å²) in [5, 5.41) is 5.47. The summed E-state index contributed by atoms with van der Waals surface area (Å²) in [6.45, 7) is 6.44. The molecule has 35 heavy (non-hydrogen) atoms. The summed E-state index contributed by atoms with van der Waals surface area (Å²) in [7, 11) is 0. The van der Waals surface area contributed by atoms with Gasteiger partial charge in [0.05, 0.1) is 5.69 Å². The number of hydrogen-bond acceptors (Lipinski definition) is 3. The van der Waals surface area contributed by atoms with Crippen molar-refractivity contribution in [3.8, 4) is 22.6 Å². The first-order valence-electron chi connectivity index (χ1n) is 10.3. The van der Waals surface area contributed by atoms with E-state index in [2.05, 4.69) is 41.9 Å². The third-order valence-electron chi connectivity index (χ3n) is 4.48. The van der Waals surface area contributed by atoms with Crippen LogP contribution < -0.4 is 0 Å². The molecule has 0 atom stereocenters. The molecule has 0 amide bonds. The predicted molar refractivity (Wildman–Crippen MR) is 118 cm³/mol. The van der Waals surface area contributed by atoms with Crippen LogP contribution in [0.3, 0.4) is 0 Å². The van der Waals surface area contributed by atoms with Crippen LogP contribution in [-0.4, -0.2) is 20.2 Å². The van der Waals surface area contributed by atoms with Crippen LogP contribution >= 0.6 is 0 Å². The van der Waals surface area contributed by atoms with Gasteiger partial charge in [0.15, 0.2) is 0 Å². The van der Waals surface area contributed by atoms with Crippen LogP contribution in [0.15, 0.2) is 60.9 Å². The second-order valence-electron chi connectivity index (χ2n) is 8.71. The maximum atomic E-state index is 13.6. The number of nitrogens with zero attached hydrogens (tertiary/aromatic N) is 3. The second kappa shape index (κ2) is 11.6. The molecule has 10 heteroatoms. The van der Waals surface area contributed by atoms with E-state index in [1.54, 1.807) is 30.5 Å². The van der Waals surface area contributed by atoms with Crippen molar-refractivity contribution in [1.29, 1.82) is 0 Å². The standard InChI is InChI=1S/C16H16F2N.C9H6F3N3.Ir/c1-16(2,3)9-11-4-7-15(19-10-11)13-6-5-12(17)8-14(13)18;10-9(11,12)8-5-7(14-15-8)6-3-1-2-4-13-6;/h4-5,7-8,10H,9H2,1-3H3;1-5H,(H,14,15);/q-1;;. The molecule has 0 aliphatic heterocycles. The van der Waals surface area contributed by atoms with E-state index in [4.69, 9.17) is 0 Å². The molecule has 1 aromatic carbocycles. The third kappa shape index (κ3) is 8.33. The first kappa shape index (κ1) is 28.3. The predicted octanol–water partition coefficient (Wildman–Crippen LogP) is 6.90. The summed E-state index contributed by atoms with van der Waals surface area (Å²) in [5.74, 6) is -1.28. The molecule has 0 spiro atoms. The molecule has 0 saturated carbocycles. The maximum absolute atomic E-state index is 13.6. The van der Waals surface area contributed by atoms with E-state index in [0.717, 1.165) is 30.2 Å². The fraction of sp³-hybridized carbons (Fsp3) is 0.240. The zero-order valence-corrected chi connectivity index (χ0v) is 21.4. The Balaban J connectivity index is 0.000000246. The number of H-pyrrole nitrogens is 1. The van der Waals surface area contributed by atoms with Crippen molar-refractivity contribution < 1.29 is 42.1 Å². The SMILES string of the molecule is CC(C)(C)Cc1ccc(-c2[c-]cc(F)cc2F)nc1.FC(F)(F)c1cc(-c2ccccn2)n[nH]1.[Ir].